The summed E-state index contributed by atoms with van der Waals surface area (Å²) in [5.41, 5.74) is 1.17. The molecule has 0 fully saturated rings. The molecule has 0 saturated carbocycles. The van der Waals surface area contributed by atoms with E-state index in [4.69, 9.17) is 12.6 Å². The number of hydrogen-bond acceptors (Lipinski definition) is 3. The molecule has 1 rings (SSSR count). The molecule has 0 bridgehead atoms. The third kappa shape index (κ3) is 6.18. The smallest absolute Gasteiger partial charge is 0.407 e. The van der Waals surface area contributed by atoms with E-state index in [0.29, 0.717) is 18.6 Å². The monoisotopic (exact) mass is 246 g/mol. The van der Waals surface area contributed by atoms with Crippen molar-refractivity contribution < 1.29 is 9.53 Å². The highest BCUT2D eigenvalue weighted by molar-refractivity contribution is 6.32. The third-order valence-corrected chi connectivity index (χ3v) is 2.01. The molecule has 5 heteroatoms. The Hall–Kier alpha value is -1.65. The van der Waals surface area contributed by atoms with Crippen molar-refractivity contribution in [2.75, 3.05) is 18.4 Å². The predicted molar refractivity (Wildman–Crippen MR) is 74.6 cm³/mol. The molecule has 96 valence electrons. The second-order valence-electron chi connectivity index (χ2n) is 4.98. The van der Waals surface area contributed by atoms with Gasteiger partial charge in [-0.15, -0.1) is 0 Å². The number of benzene rings is 1. The van der Waals surface area contributed by atoms with Gasteiger partial charge in [-0.25, -0.2) is 4.79 Å². The van der Waals surface area contributed by atoms with E-state index < -0.39 is 11.7 Å². The first-order chi connectivity index (χ1) is 8.37. The van der Waals surface area contributed by atoms with Crippen LogP contribution in [0.1, 0.15) is 20.8 Å². The van der Waals surface area contributed by atoms with Gasteiger partial charge < -0.3 is 15.4 Å². The minimum atomic E-state index is -0.467. The molecule has 1 aromatic rings. The number of nitrogens with one attached hydrogen (secondary N) is 2. The summed E-state index contributed by atoms with van der Waals surface area (Å²) in [6, 6.07) is 7.46. The van der Waals surface area contributed by atoms with E-state index >= 15 is 0 Å². The molecular formula is C13H19BN2O2. The van der Waals surface area contributed by atoms with E-state index in [2.05, 4.69) is 10.6 Å². The number of alkyl carbamates (subject to hydrolysis) is 1. The summed E-state index contributed by atoms with van der Waals surface area (Å²) in [4.78, 5) is 11.3. The van der Waals surface area contributed by atoms with Crippen LogP contribution in [0.25, 0.3) is 0 Å². The second kappa shape index (κ2) is 6.33. The summed E-state index contributed by atoms with van der Waals surface area (Å²) in [5.74, 6) is 0. The summed E-state index contributed by atoms with van der Waals surface area (Å²) in [6.07, 6.45) is -0.406. The summed E-state index contributed by atoms with van der Waals surface area (Å²) in [5, 5.41) is 5.82. The van der Waals surface area contributed by atoms with Crippen molar-refractivity contribution in [3.05, 3.63) is 24.3 Å². The third-order valence-electron chi connectivity index (χ3n) is 2.01. The zero-order valence-corrected chi connectivity index (χ0v) is 11.1. The van der Waals surface area contributed by atoms with Crippen LogP contribution in [0.2, 0.25) is 0 Å². The predicted octanol–water partition coefficient (Wildman–Crippen LogP) is 1.42. The van der Waals surface area contributed by atoms with Crippen molar-refractivity contribution in [2.45, 2.75) is 26.4 Å². The van der Waals surface area contributed by atoms with Crippen molar-refractivity contribution in [3.63, 3.8) is 0 Å². The Bertz CT molecular complexity index is 402. The Morgan fingerprint density at radius 1 is 1.33 bits per heavy atom. The van der Waals surface area contributed by atoms with Gasteiger partial charge in [-0.3, -0.25) is 0 Å². The Morgan fingerprint density at radius 2 is 2.06 bits per heavy atom. The van der Waals surface area contributed by atoms with Crippen molar-refractivity contribution in [1.29, 1.82) is 0 Å². The summed E-state index contributed by atoms with van der Waals surface area (Å²) in [6.45, 7) is 6.60. The molecular weight excluding hydrogens is 227 g/mol. The molecule has 0 spiro atoms. The molecule has 0 aliphatic heterocycles. The molecule has 0 saturated heterocycles. The zero-order valence-electron chi connectivity index (χ0n) is 11.1. The number of carbonyl (C=O) groups excluding carboxylic acids is 1. The fourth-order valence-electron chi connectivity index (χ4n) is 1.33. The molecule has 0 unspecified atom stereocenters. The molecule has 0 aliphatic carbocycles. The maximum absolute atomic E-state index is 11.3. The molecule has 1 aromatic carbocycles. The number of anilines is 1. The van der Waals surface area contributed by atoms with Crippen LogP contribution in [-0.4, -0.2) is 32.6 Å². The van der Waals surface area contributed by atoms with E-state index in [-0.39, 0.29) is 0 Å². The maximum Gasteiger partial charge on any atom is 0.407 e. The Labute approximate surface area is 110 Å². The van der Waals surface area contributed by atoms with Crippen LogP contribution in [0, 0.1) is 0 Å². The normalized spacial score (nSPS) is 10.8. The maximum atomic E-state index is 11.3. The topological polar surface area (TPSA) is 50.4 Å². The number of rotatable bonds is 4. The first-order valence-electron chi connectivity index (χ1n) is 5.93. The van der Waals surface area contributed by atoms with Crippen LogP contribution >= 0.6 is 0 Å². The second-order valence-corrected chi connectivity index (χ2v) is 4.98. The molecule has 4 nitrogen and oxygen atoms in total. The van der Waals surface area contributed by atoms with Gasteiger partial charge >= 0.3 is 6.09 Å². The van der Waals surface area contributed by atoms with Crippen LogP contribution in [0.15, 0.2) is 24.3 Å². The lowest BCUT2D eigenvalue weighted by molar-refractivity contribution is 0.0530. The van der Waals surface area contributed by atoms with Gasteiger partial charge in [0.2, 0.25) is 0 Å². The van der Waals surface area contributed by atoms with Crippen molar-refractivity contribution in [2.24, 2.45) is 0 Å². The fourth-order valence-corrected chi connectivity index (χ4v) is 1.33. The lowest BCUT2D eigenvalue weighted by Crippen LogP contribution is -2.35. The first kappa shape index (κ1) is 14.4. The van der Waals surface area contributed by atoms with Crippen LogP contribution in [0.4, 0.5) is 10.5 Å². The molecule has 0 aliphatic rings. The van der Waals surface area contributed by atoms with Gasteiger partial charge in [0, 0.05) is 18.8 Å². The first-order valence-corrected chi connectivity index (χ1v) is 5.93. The molecule has 18 heavy (non-hydrogen) atoms. The molecule has 0 atom stereocenters. The number of amides is 1. The molecule has 1 amide bonds. The lowest BCUT2D eigenvalue weighted by Gasteiger charge is -2.19. The average molecular weight is 246 g/mol. The van der Waals surface area contributed by atoms with Crippen molar-refractivity contribution >= 4 is 25.1 Å². The lowest BCUT2D eigenvalue weighted by atomic mass is 9.96. The van der Waals surface area contributed by atoms with Crippen LogP contribution < -0.4 is 16.1 Å². The summed E-state index contributed by atoms with van der Waals surface area (Å²) in [7, 11) is 5.65. The average Bonchev–Trinajstić information content (AvgIpc) is 2.22. The van der Waals surface area contributed by atoms with Gasteiger partial charge in [0.05, 0.1) is 0 Å². The highest BCUT2D eigenvalue weighted by Gasteiger charge is 2.15. The van der Waals surface area contributed by atoms with Gasteiger partial charge in [-0.2, -0.15) is 0 Å². The van der Waals surface area contributed by atoms with E-state index in [1.54, 1.807) is 0 Å². The molecule has 0 aromatic heterocycles. The molecule has 2 radical (unpaired) electrons. The molecule has 2 N–H and O–H groups in total. The van der Waals surface area contributed by atoms with E-state index in [9.17, 15) is 4.79 Å². The number of carbonyl (C=O) groups is 1. The summed E-state index contributed by atoms with van der Waals surface area (Å²) < 4.78 is 5.11. The fraction of sp³-hybridized carbons (Fsp3) is 0.462. The highest BCUT2D eigenvalue weighted by Crippen LogP contribution is 2.06. The van der Waals surface area contributed by atoms with E-state index in [1.165, 1.54) is 0 Å². The van der Waals surface area contributed by atoms with E-state index in [0.717, 1.165) is 5.69 Å². The Morgan fingerprint density at radius 3 is 2.67 bits per heavy atom. The van der Waals surface area contributed by atoms with Crippen LogP contribution in [0.3, 0.4) is 0 Å². The minimum absolute atomic E-state index is 0.406. The SMILES string of the molecule is [B]c1cccc(NCCNC(=O)OC(C)(C)C)c1. The highest BCUT2D eigenvalue weighted by atomic mass is 16.6. The quantitative estimate of drug-likeness (QED) is 0.624. The standard InChI is InChI=1S/C13H19BN2O2/c1-13(2,3)18-12(17)16-8-7-15-11-6-4-5-10(14)9-11/h4-6,9,15H,7-8H2,1-3H3,(H,16,17). The number of hydrogen-bond donors (Lipinski definition) is 2. The zero-order chi connectivity index (χ0) is 13.6. The van der Waals surface area contributed by atoms with Gasteiger partial charge in [0.25, 0.3) is 0 Å². The van der Waals surface area contributed by atoms with Crippen LogP contribution in [0.5, 0.6) is 0 Å². The van der Waals surface area contributed by atoms with Gasteiger partial charge in [-0.05, 0) is 32.9 Å². The van der Waals surface area contributed by atoms with E-state index in [1.807, 2.05) is 45.0 Å². The van der Waals surface area contributed by atoms with Gasteiger partial charge in [0.1, 0.15) is 13.4 Å². The summed E-state index contributed by atoms with van der Waals surface area (Å²) >= 11 is 0. The molecule has 0 heterocycles. The minimum Gasteiger partial charge on any atom is -0.444 e. The van der Waals surface area contributed by atoms with Gasteiger partial charge in [0.15, 0.2) is 0 Å². The van der Waals surface area contributed by atoms with Crippen LogP contribution in [-0.2, 0) is 4.74 Å². The van der Waals surface area contributed by atoms with Crippen molar-refractivity contribution in [1.82, 2.24) is 5.32 Å². The van der Waals surface area contributed by atoms with Gasteiger partial charge in [-0.1, -0.05) is 17.6 Å². The Balaban J connectivity index is 2.21. The van der Waals surface area contributed by atoms with Crippen molar-refractivity contribution in [3.8, 4) is 0 Å². The number of ether oxygens (including phenoxy) is 1. The Kier molecular flexibility index (Phi) is 5.07. The largest absolute Gasteiger partial charge is 0.444 e.